The SMILES string of the molecule is CCOc1ccc(C(=O)NCC(c2ccco2)N(C)C)cc1OCC. The zero-order chi connectivity index (χ0) is 18.2. The number of carbonyl (C=O) groups is 1. The Hall–Kier alpha value is -2.47. The van der Waals surface area contributed by atoms with Gasteiger partial charge in [0.2, 0.25) is 0 Å². The van der Waals surface area contributed by atoms with Gasteiger partial charge in [0.1, 0.15) is 5.76 Å². The molecule has 1 amide bonds. The summed E-state index contributed by atoms with van der Waals surface area (Å²) in [7, 11) is 3.90. The Kier molecular flexibility index (Phi) is 6.89. The number of ether oxygens (including phenoxy) is 2. The number of nitrogens with one attached hydrogen (secondary N) is 1. The van der Waals surface area contributed by atoms with E-state index in [1.165, 1.54) is 0 Å². The number of furan rings is 1. The lowest BCUT2D eigenvalue weighted by atomic mass is 10.1. The Morgan fingerprint density at radius 3 is 2.48 bits per heavy atom. The third-order valence-corrected chi connectivity index (χ3v) is 3.76. The first-order chi connectivity index (χ1) is 12.1. The van der Waals surface area contributed by atoms with E-state index < -0.39 is 0 Å². The molecule has 1 aromatic carbocycles. The zero-order valence-corrected chi connectivity index (χ0v) is 15.2. The van der Waals surface area contributed by atoms with Crippen LogP contribution in [0.2, 0.25) is 0 Å². The number of amides is 1. The number of nitrogens with zero attached hydrogens (tertiary/aromatic N) is 1. The number of carbonyl (C=O) groups excluding carboxylic acids is 1. The fourth-order valence-corrected chi connectivity index (χ4v) is 2.50. The van der Waals surface area contributed by atoms with E-state index >= 15 is 0 Å². The van der Waals surface area contributed by atoms with Gasteiger partial charge in [0, 0.05) is 12.1 Å². The van der Waals surface area contributed by atoms with Gasteiger partial charge in [-0.2, -0.15) is 0 Å². The highest BCUT2D eigenvalue weighted by Gasteiger charge is 2.19. The molecule has 0 aliphatic heterocycles. The van der Waals surface area contributed by atoms with Gasteiger partial charge in [0.25, 0.3) is 5.91 Å². The van der Waals surface area contributed by atoms with E-state index in [2.05, 4.69) is 5.32 Å². The van der Waals surface area contributed by atoms with Gasteiger partial charge >= 0.3 is 0 Å². The maximum absolute atomic E-state index is 12.5. The van der Waals surface area contributed by atoms with Crippen LogP contribution in [0.1, 0.15) is 36.0 Å². The first-order valence-electron chi connectivity index (χ1n) is 8.44. The highest BCUT2D eigenvalue weighted by molar-refractivity contribution is 5.94. The highest BCUT2D eigenvalue weighted by Crippen LogP contribution is 2.28. The summed E-state index contributed by atoms with van der Waals surface area (Å²) in [6.07, 6.45) is 1.63. The molecule has 1 heterocycles. The molecule has 136 valence electrons. The van der Waals surface area contributed by atoms with Gasteiger partial charge < -0.3 is 19.2 Å². The predicted molar refractivity (Wildman–Crippen MR) is 96.2 cm³/mol. The molecule has 6 nitrogen and oxygen atoms in total. The molecular formula is C19H26N2O4. The summed E-state index contributed by atoms with van der Waals surface area (Å²) >= 11 is 0. The van der Waals surface area contributed by atoms with Gasteiger partial charge in [-0.15, -0.1) is 0 Å². The topological polar surface area (TPSA) is 63.9 Å². The van der Waals surface area contributed by atoms with Crippen LogP contribution in [0.15, 0.2) is 41.0 Å². The van der Waals surface area contributed by atoms with Crippen molar-refractivity contribution in [2.24, 2.45) is 0 Å². The number of hydrogen-bond donors (Lipinski definition) is 1. The molecule has 0 aliphatic rings. The van der Waals surface area contributed by atoms with Crippen molar-refractivity contribution in [3.63, 3.8) is 0 Å². The van der Waals surface area contributed by atoms with Crippen molar-refractivity contribution in [3.8, 4) is 11.5 Å². The van der Waals surface area contributed by atoms with Gasteiger partial charge in [-0.1, -0.05) is 0 Å². The molecule has 1 atom stereocenters. The van der Waals surface area contributed by atoms with Crippen LogP contribution in [0.4, 0.5) is 0 Å². The molecule has 0 radical (unpaired) electrons. The van der Waals surface area contributed by atoms with Crippen molar-refractivity contribution in [2.45, 2.75) is 19.9 Å². The van der Waals surface area contributed by atoms with Crippen molar-refractivity contribution in [1.82, 2.24) is 10.2 Å². The number of hydrogen-bond acceptors (Lipinski definition) is 5. The lowest BCUT2D eigenvalue weighted by Crippen LogP contribution is -2.34. The molecule has 0 bridgehead atoms. The van der Waals surface area contributed by atoms with Gasteiger partial charge in [0.05, 0.1) is 25.5 Å². The maximum atomic E-state index is 12.5. The molecule has 1 aromatic heterocycles. The lowest BCUT2D eigenvalue weighted by Gasteiger charge is -2.22. The number of rotatable bonds is 9. The Bertz CT molecular complexity index is 668. The predicted octanol–water partition coefficient (Wildman–Crippen LogP) is 3.11. The molecule has 0 saturated heterocycles. The Morgan fingerprint density at radius 2 is 1.88 bits per heavy atom. The van der Waals surface area contributed by atoms with E-state index in [0.717, 1.165) is 5.76 Å². The quantitative estimate of drug-likeness (QED) is 0.756. The van der Waals surface area contributed by atoms with E-state index in [4.69, 9.17) is 13.9 Å². The fourth-order valence-electron chi connectivity index (χ4n) is 2.50. The van der Waals surface area contributed by atoms with Gasteiger partial charge in [0.15, 0.2) is 11.5 Å². The Morgan fingerprint density at radius 1 is 1.16 bits per heavy atom. The van der Waals surface area contributed by atoms with Crippen molar-refractivity contribution in [2.75, 3.05) is 33.9 Å². The summed E-state index contributed by atoms with van der Waals surface area (Å²) in [5, 5.41) is 2.95. The largest absolute Gasteiger partial charge is 0.490 e. The maximum Gasteiger partial charge on any atom is 0.251 e. The van der Waals surface area contributed by atoms with Crippen LogP contribution in [-0.2, 0) is 0 Å². The first kappa shape index (κ1) is 18.9. The molecule has 25 heavy (non-hydrogen) atoms. The van der Waals surface area contributed by atoms with Crippen molar-refractivity contribution in [3.05, 3.63) is 47.9 Å². The van der Waals surface area contributed by atoms with E-state index in [1.54, 1.807) is 24.5 Å². The minimum atomic E-state index is -0.164. The normalized spacial score (nSPS) is 12.0. The van der Waals surface area contributed by atoms with Crippen molar-refractivity contribution in [1.29, 1.82) is 0 Å². The molecule has 2 rings (SSSR count). The van der Waals surface area contributed by atoms with Gasteiger partial charge in [-0.25, -0.2) is 0 Å². The molecule has 0 fully saturated rings. The van der Waals surface area contributed by atoms with Crippen LogP contribution >= 0.6 is 0 Å². The summed E-state index contributed by atoms with van der Waals surface area (Å²) in [5.74, 6) is 1.87. The monoisotopic (exact) mass is 346 g/mol. The van der Waals surface area contributed by atoms with Crippen LogP contribution in [0.25, 0.3) is 0 Å². The second-order valence-corrected chi connectivity index (χ2v) is 5.73. The summed E-state index contributed by atoms with van der Waals surface area (Å²) in [6.45, 7) is 5.29. The molecule has 0 saturated carbocycles. The van der Waals surface area contributed by atoms with E-state index in [0.29, 0.717) is 36.8 Å². The lowest BCUT2D eigenvalue weighted by molar-refractivity contribution is 0.0938. The van der Waals surface area contributed by atoms with Crippen LogP contribution in [0.3, 0.4) is 0 Å². The van der Waals surface area contributed by atoms with Crippen molar-refractivity contribution < 1.29 is 18.7 Å². The Labute approximate surface area is 148 Å². The molecular weight excluding hydrogens is 320 g/mol. The van der Waals surface area contributed by atoms with Crippen LogP contribution < -0.4 is 14.8 Å². The standard InChI is InChI=1S/C19H26N2O4/c1-5-23-17-10-9-14(12-18(17)24-6-2)19(22)20-13-15(21(3)4)16-8-7-11-25-16/h7-12,15H,5-6,13H2,1-4H3,(H,20,22). The third kappa shape index (κ3) is 5.00. The van der Waals surface area contributed by atoms with Crippen LogP contribution in [0, 0.1) is 0 Å². The van der Waals surface area contributed by atoms with Gasteiger partial charge in [-0.05, 0) is 58.3 Å². The van der Waals surface area contributed by atoms with Crippen LogP contribution in [-0.4, -0.2) is 44.7 Å². The van der Waals surface area contributed by atoms with E-state index in [-0.39, 0.29) is 11.9 Å². The molecule has 1 N–H and O–H groups in total. The summed E-state index contributed by atoms with van der Waals surface area (Å²) < 4.78 is 16.6. The first-order valence-corrected chi connectivity index (χ1v) is 8.44. The average Bonchev–Trinajstić information content (AvgIpc) is 3.10. The summed E-state index contributed by atoms with van der Waals surface area (Å²) in [5.41, 5.74) is 0.531. The smallest absolute Gasteiger partial charge is 0.251 e. The molecule has 2 aromatic rings. The second-order valence-electron chi connectivity index (χ2n) is 5.73. The van der Waals surface area contributed by atoms with E-state index in [9.17, 15) is 4.79 Å². The summed E-state index contributed by atoms with van der Waals surface area (Å²) in [4.78, 5) is 14.5. The number of likely N-dealkylation sites (N-methyl/N-ethyl adjacent to an activating group) is 1. The highest BCUT2D eigenvalue weighted by atomic mass is 16.5. The second kappa shape index (κ2) is 9.13. The van der Waals surface area contributed by atoms with E-state index in [1.807, 2.05) is 45.0 Å². The minimum Gasteiger partial charge on any atom is -0.490 e. The number of benzene rings is 1. The Balaban J connectivity index is 2.08. The minimum absolute atomic E-state index is 0.0342. The van der Waals surface area contributed by atoms with Gasteiger partial charge in [-0.3, -0.25) is 9.69 Å². The fraction of sp³-hybridized carbons (Fsp3) is 0.421. The molecule has 0 spiro atoms. The average molecular weight is 346 g/mol. The zero-order valence-electron chi connectivity index (χ0n) is 15.2. The molecule has 6 heteroatoms. The molecule has 1 unspecified atom stereocenters. The molecule has 0 aliphatic carbocycles. The third-order valence-electron chi connectivity index (χ3n) is 3.76. The summed E-state index contributed by atoms with van der Waals surface area (Å²) in [6, 6.07) is 8.92. The van der Waals surface area contributed by atoms with Crippen LogP contribution in [0.5, 0.6) is 11.5 Å². The van der Waals surface area contributed by atoms with Crippen molar-refractivity contribution >= 4 is 5.91 Å².